The normalized spacial score (nSPS) is 11.4. The molecule has 0 fully saturated rings. The number of hydrogen-bond donors (Lipinski definition) is 2. The number of carboxylic acid groups (broad SMARTS) is 1. The maximum atomic E-state index is 11.4. The Bertz CT molecular complexity index is 561. The van der Waals surface area contributed by atoms with E-state index in [2.05, 4.69) is 21.2 Å². The third-order valence-electron chi connectivity index (χ3n) is 2.31. The number of ether oxygens (including phenoxy) is 1. The molecule has 0 aliphatic carbocycles. The molecule has 0 bridgehead atoms. The van der Waals surface area contributed by atoms with Crippen molar-refractivity contribution in [2.45, 2.75) is 26.4 Å². The quantitative estimate of drug-likeness (QED) is 0.863. The zero-order valence-electron chi connectivity index (χ0n) is 12.1. The average molecular weight is 356 g/mol. The first-order valence-electron chi connectivity index (χ1n) is 6.35. The zero-order chi connectivity index (χ0) is 16.0. The maximum absolute atomic E-state index is 11.4. The van der Waals surface area contributed by atoms with E-state index >= 15 is 0 Å². The second-order valence-corrected chi connectivity index (χ2v) is 6.18. The van der Waals surface area contributed by atoms with Crippen molar-refractivity contribution < 1.29 is 19.4 Å². The number of carbonyl (C=O) groups is 2. The summed E-state index contributed by atoms with van der Waals surface area (Å²) in [5.41, 5.74) is 0.514. The lowest BCUT2D eigenvalue weighted by Crippen LogP contribution is -2.32. The molecule has 0 atom stereocenters. The first-order chi connectivity index (χ1) is 9.69. The summed E-state index contributed by atoms with van der Waals surface area (Å²) in [5.74, 6) is -0.974. The van der Waals surface area contributed by atoms with E-state index in [4.69, 9.17) is 9.84 Å². The Morgan fingerprint density at radius 3 is 2.57 bits per heavy atom. The van der Waals surface area contributed by atoms with Gasteiger partial charge in [0.05, 0.1) is 5.56 Å². The Morgan fingerprint density at radius 1 is 1.38 bits per heavy atom. The third kappa shape index (κ3) is 6.44. The minimum Gasteiger partial charge on any atom is -0.478 e. The predicted octanol–water partition coefficient (Wildman–Crippen LogP) is 3.69. The van der Waals surface area contributed by atoms with E-state index in [9.17, 15) is 9.59 Å². The van der Waals surface area contributed by atoms with E-state index in [1.165, 1.54) is 12.1 Å². The Balaban J connectivity index is 2.54. The molecule has 21 heavy (non-hydrogen) atoms. The van der Waals surface area contributed by atoms with E-state index in [0.29, 0.717) is 11.0 Å². The molecule has 0 saturated heterocycles. The number of aromatic carboxylic acids is 1. The van der Waals surface area contributed by atoms with Crippen molar-refractivity contribution in [1.29, 1.82) is 0 Å². The first kappa shape index (κ1) is 17.2. The van der Waals surface area contributed by atoms with Crippen LogP contribution in [0.3, 0.4) is 0 Å². The number of carboxylic acids is 1. The Labute approximate surface area is 132 Å². The van der Waals surface area contributed by atoms with Gasteiger partial charge in [-0.2, -0.15) is 0 Å². The van der Waals surface area contributed by atoms with Gasteiger partial charge in [0, 0.05) is 11.0 Å². The molecule has 0 unspecified atom stereocenters. The minimum atomic E-state index is -0.974. The molecule has 0 aliphatic rings. The smallest absolute Gasteiger partial charge is 0.407 e. The summed E-state index contributed by atoms with van der Waals surface area (Å²) < 4.78 is 5.77. The van der Waals surface area contributed by atoms with Crippen LogP contribution in [0.25, 0.3) is 6.08 Å². The average Bonchev–Trinajstić information content (AvgIpc) is 2.33. The van der Waals surface area contributed by atoms with Crippen molar-refractivity contribution in [3.05, 3.63) is 39.9 Å². The van der Waals surface area contributed by atoms with Gasteiger partial charge in [0.15, 0.2) is 0 Å². The molecule has 1 amide bonds. The number of carbonyl (C=O) groups excluding carboxylic acids is 1. The Kier molecular flexibility index (Phi) is 5.96. The van der Waals surface area contributed by atoms with Gasteiger partial charge >= 0.3 is 12.1 Å². The van der Waals surface area contributed by atoms with Gasteiger partial charge in [-0.25, -0.2) is 9.59 Å². The van der Waals surface area contributed by atoms with Crippen LogP contribution in [-0.4, -0.2) is 29.3 Å². The van der Waals surface area contributed by atoms with Crippen molar-refractivity contribution in [2.75, 3.05) is 6.54 Å². The molecule has 0 aliphatic heterocycles. The van der Waals surface area contributed by atoms with Crippen LogP contribution in [-0.2, 0) is 4.74 Å². The molecule has 1 aromatic carbocycles. The van der Waals surface area contributed by atoms with Crippen LogP contribution in [0.15, 0.2) is 28.7 Å². The molecular weight excluding hydrogens is 338 g/mol. The van der Waals surface area contributed by atoms with Crippen LogP contribution in [0.5, 0.6) is 0 Å². The van der Waals surface area contributed by atoms with E-state index in [-0.39, 0.29) is 5.56 Å². The maximum Gasteiger partial charge on any atom is 0.407 e. The van der Waals surface area contributed by atoms with Gasteiger partial charge in [-0.05, 0) is 38.5 Å². The second-order valence-electron chi connectivity index (χ2n) is 5.33. The molecule has 0 saturated carbocycles. The summed E-state index contributed by atoms with van der Waals surface area (Å²) >= 11 is 3.31. The van der Waals surface area contributed by atoms with E-state index in [0.717, 1.165) is 5.56 Å². The van der Waals surface area contributed by atoms with Gasteiger partial charge in [-0.1, -0.05) is 34.1 Å². The van der Waals surface area contributed by atoms with Gasteiger partial charge < -0.3 is 15.2 Å². The highest BCUT2D eigenvalue weighted by Crippen LogP contribution is 2.20. The number of alkyl carbamates (subject to hydrolysis) is 1. The van der Waals surface area contributed by atoms with Gasteiger partial charge in [0.25, 0.3) is 0 Å². The standard InChI is InChI=1S/C15H18BrNO4/c1-15(2,3)21-14(20)17-8-4-5-10-6-7-11(13(18)19)9-12(10)16/h4-7,9H,8H2,1-3H3,(H,17,20)(H,18,19). The molecule has 6 heteroatoms. The van der Waals surface area contributed by atoms with Crippen molar-refractivity contribution in [1.82, 2.24) is 5.32 Å². The monoisotopic (exact) mass is 355 g/mol. The third-order valence-corrected chi connectivity index (χ3v) is 2.99. The van der Waals surface area contributed by atoms with Crippen LogP contribution in [0.2, 0.25) is 0 Å². The Morgan fingerprint density at radius 2 is 2.05 bits per heavy atom. The SMILES string of the molecule is CC(C)(C)OC(=O)NCC=Cc1ccc(C(=O)O)cc1Br. The molecule has 0 heterocycles. The molecule has 114 valence electrons. The van der Waals surface area contributed by atoms with E-state index in [1.807, 2.05) is 0 Å². The van der Waals surface area contributed by atoms with Gasteiger partial charge in [-0.15, -0.1) is 0 Å². The molecule has 0 aromatic heterocycles. The summed E-state index contributed by atoms with van der Waals surface area (Å²) in [5, 5.41) is 11.5. The van der Waals surface area contributed by atoms with Gasteiger partial charge in [0.2, 0.25) is 0 Å². The highest BCUT2D eigenvalue weighted by molar-refractivity contribution is 9.10. The summed E-state index contributed by atoms with van der Waals surface area (Å²) in [6.07, 6.45) is 3.06. The molecule has 0 spiro atoms. The van der Waals surface area contributed by atoms with Crippen LogP contribution < -0.4 is 5.32 Å². The van der Waals surface area contributed by atoms with Crippen molar-refractivity contribution in [3.8, 4) is 0 Å². The van der Waals surface area contributed by atoms with Crippen LogP contribution in [0.4, 0.5) is 4.79 Å². The van der Waals surface area contributed by atoms with Crippen LogP contribution in [0.1, 0.15) is 36.7 Å². The fourth-order valence-corrected chi connectivity index (χ4v) is 1.95. The number of halogens is 1. The van der Waals surface area contributed by atoms with Crippen molar-refractivity contribution in [3.63, 3.8) is 0 Å². The van der Waals surface area contributed by atoms with Crippen LogP contribution in [0, 0.1) is 0 Å². The zero-order valence-corrected chi connectivity index (χ0v) is 13.7. The number of hydrogen-bond acceptors (Lipinski definition) is 3. The summed E-state index contributed by atoms with van der Waals surface area (Å²) in [6.45, 7) is 5.71. The lowest BCUT2D eigenvalue weighted by molar-refractivity contribution is 0.0533. The first-order valence-corrected chi connectivity index (χ1v) is 7.14. The summed E-state index contributed by atoms with van der Waals surface area (Å²) in [4.78, 5) is 22.2. The minimum absolute atomic E-state index is 0.214. The van der Waals surface area contributed by atoms with E-state index in [1.54, 1.807) is 39.0 Å². The Hall–Kier alpha value is -1.82. The molecule has 1 aromatic rings. The van der Waals surface area contributed by atoms with Crippen molar-refractivity contribution >= 4 is 34.1 Å². The molecular formula is C15H18BrNO4. The van der Waals surface area contributed by atoms with Gasteiger partial charge in [-0.3, -0.25) is 0 Å². The number of benzene rings is 1. The fraction of sp³-hybridized carbons (Fsp3) is 0.333. The molecule has 0 radical (unpaired) electrons. The largest absolute Gasteiger partial charge is 0.478 e. The van der Waals surface area contributed by atoms with E-state index < -0.39 is 17.7 Å². The summed E-state index contributed by atoms with van der Waals surface area (Å²) in [7, 11) is 0. The number of amides is 1. The number of rotatable bonds is 4. The highest BCUT2D eigenvalue weighted by atomic mass is 79.9. The number of nitrogens with one attached hydrogen (secondary N) is 1. The topological polar surface area (TPSA) is 75.6 Å². The van der Waals surface area contributed by atoms with Crippen LogP contribution >= 0.6 is 15.9 Å². The van der Waals surface area contributed by atoms with Gasteiger partial charge in [0.1, 0.15) is 5.60 Å². The highest BCUT2D eigenvalue weighted by Gasteiger charge is 2.15. The molecule has 1 rings (SSSR count). The lowest BCUT2D eigenvalue weighted by Gasteiger charge is -2.19. The fourth-order valence-electron chi connectivity index (χ4n) is 1.44. The lowest BCUT2D eigenvalue weighted by atomic mass is 10.1. The predicted molar refractivity (Wildman–Crippen MR) is 84.4 cm³/mol. The second kappa shape index (κ2) is 7.26. The molecule has 5 nitrogen and oxygen atoms in total. The summed E-state index contributed by atoms with van der Waals surface area (Å²) in [6, 6.07) is 4.74. The van der Waals surface area contributed by atoms with Crippen molar-refractivity contribution in [2.24, 2.45) is 0 Å². The molecule has 2 N–H and O–H groups in total.